The summed E-state index contributed by atoms with van der Waals surface area (Å²) in [5, 5.41) is 15.2. The van der Waals surface area contributed by atoms with Crippen LogP contribution in [-0.4, -0.2) is 37.1 Å². The van der Waals surface area contributed by atoms with Crippen LogP contribution in [0.1, 0.15) is 29.3 Å². The van der Waals surface area contributed by atoms with Crippen LogP contribution in [0.3, 0.4) is 0 Å². The molecule has 0 fully saturated rings. The molecule has 0 saturated carbocycles. The van der Waals surface area contributed by atoms with Gasteiger partial charge in [0.1, 0.15) is 11.8 Å². The van der Waals surface area contributed by atoms with E-state index in [1.807, 2.05) is 61.0 Å². The maximum absolute atomic E-state index is 13.2. The highest BCUT2D eigenvalue weighted by molar-refractivity contribution is 7.99. The number of amides is 1. The zero-order valence-electron chi connectivity index (χ0n) is 17.6. The average Bonchev–Trinajstić information content (AvgIpc) is 3.59. The summed E-state index contributed by atoms with van der Waals surface area (Å²) in [6, 6.07) is 15.2. The lowest BCUT2D eigenvalue weighted by Gasteiger charge is -2.19. The van der Waals surface area contributed by atoms with Crippen molar-refractivity contribution in [1.82, 2.24) is 19.8 Å². The smallest absolute Gasteiger partial charge is 0.253 e. The summed E-state index contributed by atoms with van der Waals surface area (Å²) in [4.78, 5) is 13.2. The van der Waals surface area contributed by atoms with Crippen molar-refractivity contribution < 1.29 is 13.6 Å². The number of aryl methyl sites for hydroxylation is 1. The molecule has 8 nitrogen and oxygen atoms in total. The molecule has 3 aromatic heterocycles. The Morgan fingerprint density at radius 2 is 1.88 bits per heavy atom. The quantitative estimate of drug-likeness (QED) is 0.406. The third kappa shape index (κ3) is 3.87. The van der Waals surface area contributed by atoms with Crippen LogP contribution in [0, 0.1) is 6.92 Å². The van der Waals surface area contributed by atoms with Gasteiger partial charge < -0.3 is 13.4 Å². The Balaban J connectivity index is 1.35. The van der Waals surface area contributed by atoms with Gasteiger partial charge in [-0.15, -0.1) is 10.2 Å². The second kappa shape index (κ2) is 8.51. The fourth-order valence-corrected chi connectivity index (χ4v) is 4.38. The van der Waals surface area contributed by atoms with Crippen LogP contribution >= 0.6 is 11.8 Å². The van der Waals surface area contributed by atoms with Gasteiger partial charge in [0.05, 0.1) is 24.0 Å². The van der Waals surface area contributed by atoms with E-state index in [1.54, 1.807) is 18.6 Å². The van der Waals surface area contributed by atoms with Crippen molar-refractivity contribution in [3.8, 4) is 11.6 Å². The normalized spacial score (nSPS) is 15.9. The number of benzene rings is 1. The van der Waals surface area contributed by atoms with E-state index in [1.165, 1.54) is 22.3 Å². The Labute approximate surface area is 188 Å². The molecule has 0 N–H and O–H groups in total. The van der Waals surface area contributed by atoms with Crippen molar-refractivity contribution in [3.05, 3.63) is 77.9 Å². The number of aromatic nitrogens is 3. The first kappa shape index (κ1) is 20.3. The number of hydrazone groups is 1. The summed E-state index contributed by atoms with van der Waals surface area (Å²) in [6.45, 7) is 2.04. The number of hydrogen-bond donors (Lipinski definition) is 0. The second-order valence-corrected chi connectivity index (χ2v) is 8.46. The maximum Gasteiger partial charge on any atom is 0.253 e. The monoisotopic (exact) mass is 447 g/mol. The zero-order chi connectivity index (χ0) is 22.1. The van der Waals surface area contributed by atoms with Crippen molar-refractivity contribution in [3.63, 3.8) is 0 Å². The minimum atomic E-state index is -0.271. The number of furan rings is 2. The lowest BCUT2D eigenvalue weighted by atomic mass is 10.0. The SMILES string of the molecule is Cc1ccc(C2=NN(C(=O)CSc3nnc(-c4ccco4)n3C)[C@@H](c3ccco3)C2)cc1. The van der Waals surface area contributed by atoms with Crippen LogP contribution in [0.15, 0.2) is 80.1 Å². The van der Waals surface area contributed by atoms with Gasteiger partial charge >= 0.3 is 0 Å². The molecule has 1 aliphatic rings. The molecule has 1 aliphatic heterocycles. The molecule has 0 bridgehead atoms. The first-order chi connectivity index (χ1) is 15.6. The second-order valence-electron chi connectivity index (χ2n) is 7.52. The van der Waals surface area contributed by atoms with Crippen LogP contribution in [-0.2, 0) is 11.8 Å². The van der Waals surface area contributed by atoms with Crippen LogP contribution in [0.5, 0.6) is 0 Å². The first-order valence-electron chi connectivity index (χ1n) is 10.2. The molecule has 0 saturated heterocycles. The van der Waals surface area contributed by atoms with E-state index in [4.69, 9.17) is 8.83 Å². The number of thioether (sulfide) groups is 1. The fourth-order valence-electron chi connectivity index (χ4n) is 3.62. The Morgan fingerprint density at radius 1 is 1.09 bits per heavy atom. The van der Waals surface area contributed by atoms with E-state index in [0.717, 1.165) is 11.3 Å². The third-order valence-corrected chi connectivity index (χ3v) is 6.33. The molecule has 32 heavy (non-hydrogen) atoms. The van der Waals surface area contributed by atoms with E-state index < -0.39 is 0 Å². The molecule has 0 aliphatic carbocycles. The number of carbonyl (C=O) groups excluding carboxylic acids is 1. The summed E-state index contributed by atoms with van der Waals surface area (Å²) >= 11 is 1.31. The van der Waals surface area contributed by atoms with E-state index in [0.29, 0.717) is 28.9 Å². The zero-order valence-corrected chi connectivity index (χ0v) is 18.5. The molecule has 9 heteroatoms. The number of nitrogens with zero attached hydrogens (tertiary/aromatic N) is 5. The van der Waals surface area contributed by atoms with Gasteiger partial charge in [0.25, 0.3) is 5.91 Å². The molecule has 1 aromatic carbocycles. The summed E-state index contributed by atoms with van der Waals surface area (Å²) in [5.74, 6) is 2.00. The van der Waals surface area contributed by atoms with Crippen LogP contribution in [0.25, 0.3) is 11.6 Å². The summed E-state index contributed by atoms with van der Waals surface area (Å²) in [7, 11) is 1.85. The van der Waals surface area contributed by atoms with Gasteiger partial charge in [0.15, 0.2) is 16.7 Å². The van der Waals surface area contributed by atoms with Gasteiger partial charge in [-0.2, -0.15) is 5.10 Å². The topological polar surface area (TPSA) is 89.7 Å². The lowest BCUT2D eigenvalue weighted by Crippen LogP contribution is -2.28. The summed E-state index contributed by atoms with van der Waals surface area (Å²) in [5.41, 5.74) is 3.05. The van der Waals surface area contributed by atoms with Gasteiger partial charge in [-0.05, 0) is 36.8 Å². The van der Waals surface area contributed by atoms with E-state index >= 15 is 0 Å². The minimum Gasteiger partial charge on any atom is -0.467 e. The molecule has 5 rings (SSSR count). The van der Waals surface area contributed by atoms with Crippen molar-refractivity contribution in [2.45, 2.75) is 24.5 Å². The number of carbonyl (C=O) groups is 1. The van der Waals surface area contributed by atoms with E-state index in [-0.39, 0.29) is 17.7 Å². The van der Waals surface area contributed by atoms with Gasteiger partial charge in [-0.25, -0.2) is 5.01 Å². The van der Waals surface area contributed by atoms with Gasteiger partial charge in [0.2, 0.25) is 0 Å². The Hall–Kier alpha value is -3.59. The highest BCUT2D eigenvalue weighted by Gasteiger charge is 2.35. The molecule has 0 spiro atoms. The summed E-state index contributed by atoms with van der Waals surface area (Å²) < 4.78 is 12.8. The third-order valence-electron chi connectivity index (χ3n) is 5.32. The highest BCUT2D eigenvalue weighted by Crippen LogP contribution is 2.34. The van der Waals surface area contributed by atoms with Gasteiger partial charge in [-0.1, -0.05) is 41.6 Å². The number of hydrogen-bond acceptors (Lipinski definition) is 7. The Bertz CT molecular complexity index is 1240. The van der Waals surface area contributed by atoms with Crippen LogP contribution in [0.4, 0.5) is 0 Å². The van der Waals surface area contributed by atoms with Gasteiger partial charge in [0, 0.05) is 13.5 Å². The van der Waals surface area contributed by atoms with Crippen molar-refractivity contribution in [1.29, 1.82) is 0 Å². The predicted molar refractivity (Wildman–Crippen MR) is 120 cm³/mol. The highest BCUT2D eigenvalue weighted by atomic mass is 32.2. The lowest BCUT2D eigenvalue weighted by molar-refractivity contribution is -0.130. The molecule has 4 heterocycles. The van der Waals surface area contributed by atoms with E-state index in [2.05, 4.69) is 15.3 Å². The van der Waals surface area contributed by atoms with Crippen molar-refractivity contribution >= 4 is 23.4 Å². The molecular weight excluding hydrogens is 426 g/mol. The molecule has 1 amide bonds. The Kier molecular flexibility index (Phi) is 5.40. The standard InChI is InChI=1S/C23H21N5O3S/c1-15-7-9-16(10-8-15)17-13-18(19-5-3-11-30-19)28(26-17)21(29)14-32-23-25-24-22(27(23)2)20-6-4-12-31-20/h3-12,18H,13-14H2,1-2H3/t18-/m1/s1. The van der Waals surface area contributed by atoms with E-state index in [9.17, 15) is 4.79 Å². The molecule has 4 aromatic rings. The maximum atomic E-state index is 13.2. The predicted octanol–water partition coefficient (Wildman–Crippen LogP) is 4.45. The molecule has 162 valence electrons. The fraction of sp³-hybridized carbons (Fsp3) is 0.217. The minimum absolute atomic E-state index is 0.124. The first-order valence-corrected chi connectivity index (χ1v) is 11.1. The molecular formula is C23H21N5O3S. The largest absolute Gasteiger partial charge is 0.467 e. The average molecular weight is 448 g/mol. The Morgan fingerprint density at radius 3 is 2.59 bits per heavy atom. The van der Waals surface area contributed by atoms with Crippen molar-refractivity contribution in [2.24, 2.45) is 12.1 Å². The van der Waals surface area contributed by atoms with Gasteiger partial charge in [-0.3, -0.25) is 4.79 Å². The molecule has 1 atom stereocenters. The molecule has 0 radical (unpaired) electrons. The number of rotatable bonds is 6. The molecule has 0 unspecified atom stereocenters. The van der Waals surface area contributed by atoms with Crippen LogP contribution < -0.4 is 0 Å². The summed E-state index contributed by atoms with van der Waals surface area (Å²) in [6.07, 6.45) is 3.80. The van der Waals surface area contributed by atoms with Crippen LogP contribution in [0.2, 0.25) is 0 Å². The van der Waals surface area contributed by atoms with Crippen molar-refractivity contribution in [2.75, 3.05) is 5.75 Å².